The van der Waals surface area contributed by atoms with Crippen LogP contribution in [0, 0.1) is 0 Å². The van der Waals surface area contributed by atoms with Gasteiger partial charge in [0.1, 0.15) is 0 Å². The Morgan fingerprint density at radius 2 is 2.17 bits per heavy atom. The lowest BCUT2D eigenvalue weighted by molar-refractivity contribution is -0.0319. The maximum atomic E-state index is 12.8. The highest BCUT2D eigenvalue weighted by Crippen LogP contribution is 2.22. The molecule has 2 nitrogen and oxygen atoms in total. The van der Waals surface area contributed by atoms with E-state index in [1.165, 1.54) is 0 Å². The quantitative estimate of drug-likeness (QED) is 0.658. The van der Waals surface area contributed by atoms with Crippen LogP contribution in [0.4, 0.5) is 8.78 Å². The highest BCUT2D eigenvalue weighted by Gasteiger charge is 2.36. The lowest BCUT2D eigenvalue weighted by Crippen LogP contribution is -2.53. The van der Waals surface area contributed by atoms with Crippen LogP contribution in [-0.2, 0) is 0 Å². The van der Waals surface area contributed by atoms with Crippen molar-refractivity contribution in [2.45, 2.75) is 38.3 Å². The van der Waals surface area contributed by atoms with Crippen molar-refractivity contribution in [2.75, 3.05) is 13.1 Å². The third kappa shape index (κ3) is 3.03. The average Bonchev–Trinajstić information content (AvgIpc) is 1.82. The van der Waals surface area contributed by atoms with Crippen molar-refractivity contribution < 1.29 is 8.78 Å². The van der Waals surface area contributed by atoms with Gasteiger partial charge < -0.3 is 10.6 Å². The van der Waals surface area contributed by atoms with Crippen LogP contribution >= 0.6 is 0 Å². The fourth-order valence-corrected chi connectivity index (χ4v) is 1.52. The minimum absolute atomic E-state index is 0.0435. The van der Waals surface area contributed by atoms with E-state index >= 15 is 0 Å². The van der Waals surface area contributed by atoms with Crippen molar-refractivity contribution in [3.8, 4) is 0 Å². The van der Waals surface area contributed by atoms with Gasteiger partial charge >= 0.3 is 0 Å². The molecule has 0 spiro atoms. The van der Waals surface area contributed by atoms with Crippen LogP contribution in [0.1, 0.15) is 20.3 Å². The molecule has 0 amide bonds. The second-order valence-corrected chi connectivity index (χ2v) is 3.71. The second-order valence-electron chi connectivity index (χ2n) is 3.71. The lowest BCUT2D eigenvalue weighted by atomic mass is 10.0. The highest BCUT2D eigenvalue weighted by molar-refractivity contribution is 4.86. The Labute approximate surface area is 71.7 Å². The predicted octanol–water partition coefficient (Wildman–Crippen LogP) is 0.982. The molecule has 0 unspecified atom stereocenters. The monoisotopic (exact) mass is 178 g/mol. The number of rotatable bonds is 2. The molecular weight excluding hydrogens is 162 g/mol. The number of hydrogen-bond acceptors (Lipinski definition) is 2. The number of halogens is 2. The second kappa shape index (κ2) is 3.66. The predicted molar refractivity (Wildman–Crippen MR) is 44.5 cm³/mol. The maximum absolute atomic E-state index is 12.8. The third-order valence-corrected chi connectivity index (χ3v) is 1.89. The summed E-state index contributed by atoms with van der Waals surface area (Å²) in [6.45, 7) is 4.40. The molecule has 0 aromatic rings. The molecule has 1 aliphatic rings. The van der Waals surface area contributed by atoms with Crippen molar-refractivity contribution in [3.05, 3.63) is 0 Å². The molecule has 0 aromatic heterocycles. The van der Waals surface area contributed by atoms with E-state index < -0.39 is 5.92 Å². The van der Waals surface area contributed by atoms with Crippen LogP contribution in [0.2, 0.25) is 0 Å². The van der Waals surface area contributed by atoms with Crippen molar-refractivity contribution in [2.24, 2.45) is 0 Å². The molecule has 72 valence electrons. The van der Waals surface area contributed by atoms with E-state index in [1.54, 1.807) is 0 Å². The van der Waals surface area contributed by atoms with E-state index in [0.717, 1.165) is 0 Å². The average molecular weight is 178 g/mol. The van der Waals surface area contributed by atoms with Gasteiger partial charge in [0.2, 0.25) is 0 Å². The standard InChI is InChI=1S/C8H16F2N2/c1-6(2)12-7-3-8(9,10)5-11-4-7/h6-7,11-12H,3-5H2,1-2H3/t7-/m1/s1. The first-order chi connectivity index (χ1) is 5.49. The molecular formula is C8H16F2N2. The van der Waals surface area contributed by atoms with Gasteiger partial charge in [-0.15, -0.1) is 0 Å². The molecule has 1 heterocycles. The largest absolute Gasteiger partial charge is 0.310 e. The first kappa shape index (κ1) is 9.86. The molecule has 1 aliphatic heterocycles. The summed E-state index contributed by atoms with van der Waals surface area (Å²) in [4.78, 5) is 0. The van der Waals surface area contributed by atoms with Crippen LogP contribution < -0.4 is 10.6 Å². The Hall–Kier alpha value is -0.220. The number of nitrogens with one attached hydrogen (secondary N) is 2. The van der Waals surface area contributed by atoms with Crippen molar-refractivity contribution in [1.82, 2.24) is 10.6 Å². The van der Waals surface area contributed by atoms with E-state index in [1.807, 2.05) is 13.8 Å². The van der Waals surface area contributed by atoms with Gasteiger partial charge in [-0.05, 0) is 0 Å². The van der Waals surface area contributed by atoms with E-state index in [9.17, 15) is 8.78 Å². The number of hydrogen-bond donors (Lipinski definition) is 2. The van der Waals surface area contributed by atoms with Crippen molar-refractivity contribution in [1.29, 1.82) is 0 Å². The topological polar surface area (TPSA) is 24.1 Å². The molecule has 0 radical (unpaired) electrons. The Morgan fingerprint density at radius 3 is 2.67 bits per heavy atom. The molecule has 0 aliphatic carbocycles. The summed E-state index contributed by atoms with van der Waals surface area (Å²) >= 11 is 0. The van der Waals surface area contributed by atoms with Gasteiger partial charge in [-0.2, -0.15) is 0 Å². The van der Waals surface area contributed by atoms with Gasteiger partial charge in [0.05, 0.1) is 6.54 Å². The van der Waals surface area contributed by atoms with Crippen molar-refractivity contribution in [3.63, 3.8) is 0 Å². The van der Waals surface area contributed by atoms with Crippen LogP contribution in [-0.4, -0.2) is 31.1 Å². The van der Waals surface area contributed by atoms with Crippen molar-refractivity contribution >= 4 is 0 Å². The molecule has 1 rings (SSSR count). The van der Waals surface area contributed by atoms with Gasteiger partial charge in [0.25, 0.3) is 5.92 Å². The Balaban J connectivity index is 2.36. The fraction of sp³-hybridized carbons (Fsp3) is 1.00. The Morgan fingerprint density at radius 1 is 1.50 bits per heavy atom. The lowest BCUT2D eigenvalue weighted by Gasteiger charge is -2.31. The molecule has 0 saturated carbocycles. The molecule has 2 N–H and O–H groups in total. The summed E-state index contributed by atoms with van der Waals surface area (Å²) in [6, 6.07) is 0.180. The zero-order valence-corrected chi connectivity index (χ0v) is 7.53. The number of alkyl halides is 2. The van der Waals surface area contributed by atoms with Gasteiger partial charge in [-0.3, -0.25) is 0 Å². The number of piperidine rings is 1. The molecule has 1 saturated heterocycles. The molecule has 1 atom stereocenters. The summed E-state index contributed by atoms with van der Waals surface area (Å²) in [5.74, 6) is -2.54. The first-order valence-corrected chi connectivity index (χ1v) is 4.34. The molecule has 4 heteroatoms. The first-order valence-electron chi connectivity index (χ1n) is 4.34. The summed E-state index contributed by atoms with van der Waals surface area (Å²) in [5.41, 5.74) is 0. The third-order valence-electron chi connectivity index (χ3n) is 1.89. The van der Waals surface area contributed by atoms with Crippen LogP contribution in [0.5, 0.6) is 0 Å². The zero-order valence-electron chi connectivity index (χ0n) is 7.53. The van der Waals surface area contributed by atoms with E-state index in [-0.39, 0.29) is 25.0 Å². The SMILES string of the molecule is CC(C)N[C@H]1CNCC(F)(F)C1. The fourth-order valence-electron chi connectivity index (χ4n) is 1.52. The molecule has 1 fully saturated rings. The van der Waals surface area contributed by atoms with Gasteiger partial charge in [-0.1, -0.05) is 13.8 Å². The zero-order chi connectivity index (χ0) is 9.19. The van der Waals surface area contributed by atoms with E-state index in [0.29, 0.717) is 6.54 Å². The van der Waals surface area contributed by atoms with Crippen LogP contribution in [0.3, 0.4) is 0 Å². The van der Waals surface area contributed by atoms with Crippen LogP contribution in [0.15, 0.2) is 0 Å². The van der Waals surface area contributed by atoms with E-state index in [4.69, 9.17) is 0 Å². The van der Waals surface area contributed by atoms with Gasteiger partial charge in [0.15, 0.2) is 0 Å². The summed E-state index contributed by atoms with van der Waals surface area (Å²) < 4.78 is 25.6. The summed E-state index contributed by atoms with van der Waals surface area (Å²) in [7, 11) is 0. The maximum Gasteiger partial charge on any atom is 0.261 e. The van der Waals surface area contributed by atoms with E-state index in [2.05, 4.69) is 10.6 Å². The Bertz CT molecular complexity index is 148. The molecule has 0 aromatic carbocycles. The molecule has 0 bridgehead atoms. The minimum atomic E-state index is -2.54. The minimum Gasteiger partial charge on any atom is -0.310 e. The van der Waals surface area contributed by atoms with Crippen LogP contribution in [0.25, 0.3) is 0 Å². The summed E-state index contributed by atoms with van der Waals surface area (Å²) in [5, 5.41) is 5.81. The van der Waals surface area contributed by atoms with Gasteiger partial charge in [-0.25, -0.2) is 8.78 Å². The highest BCUT2D eigenvalue weighted by atomic mass is 19.3. The Kier molecular flexibility index (Phi) is 3.01. The smallest absolute Gasteiger partial charge is 0.261 e. The normalized spacial score (nSPS) is 29.2. The summed E-state index contributed by atoms with van der Waals surface area (Å²) in [6.07, 6.45) is -0.0435. The molecule has 12 heavy (non-hydrogen) atoms. The van der Waals surface area contributed by atoms with Gasteiger partial charge in [0, 0.05) is 25.0 Å².